The van der Waals surface area contributed by atoms with Gasteiger partial charge in [-0.2, -0.15) is 5.10 Å². The number of halogens is 3. The van der Waals surface area contributed by atoms with Crippen LogP contribution in [0.1, 0.15) is 5.56 Å². The van der Waals surface area contributed by atoms with Crippen LogP contribution in [0.5, 0.6) is 0 Å². The molecule has 0 saturated heterocycles. The number of nitrogens with one attached hydrogen (secondary N) is 2. The third-order valence-electron chi connectivity index (χ3n) is 3.36. The maximum atomic E-state index is 13.7. The van der Waals surface area contributed by atoms with E-state index in [1.807, 2.05) is 12.1 Å². The average molecular weight is 440 g/mol. The minimum absolute atomic E-state index is 0.255. The molecule has 0 aliphatic heterocycles. The standard InChI is InChI=1S/C17H13BrClFN4S/c18-12-5-6-16(14(19)7-12)23-17(25)22-13-8-21-24(10-13)9-11-3-1-2-4-15(11)20/h1-8,10H,9H2,(H2,22,23,25). The van der Waals surface area contributed by atoms with Crippen LogP contribution in [0.25, 0.3) is 0 Å². The second-order valence-corrected chi connectivity index (χ2v) is 6.95. The highest BCUT2D eigenvalue weighted by Crippen LogP contribution is 2.25. The summed E-state index contributed by atoms with van der Waals surface area (Å²) in [5, 5.41) is 11.2. The molecule has 0 atom stereocenters. The zero-order valence-corrected chi connectivity index (χ0v) is 16.0. The molecule has 25 heavy (non-hydrogen) atoms. The first-order valence-corrected chi connectivity index (χ1v) is 8.88. The first kappa shape index (κ1) is 17.8. The maximum Gasteiger partial charge on any atom is 0.175 e. The Morgan fingerprint density at radius 2 is 2.04 bits per heavy atom. The Morgan fingerprint density at radius 3 is 2.80 bits per heavy atom. The van der Waals surface area contributed by atoms with Gasteiger partial charge in [-0.1, -0.05) is 45.7 Å². The molecule has 2 aromatic carbocycles. The van der Waals surface area contributed by atoms with Gasteiger partial charge < -0.3 is 10.6 Å². The van der Waals surface area contributed by atoms with Gasteiger partial charge in [-0.25, -0.2) is 4.39 Å². The van der Waals surface area contributed by atoms with Crippen LogP contribution in [0.3, 0.4) is 0 Å². The number of hydrogen-bond acceptors (Lipinski definition) is 2. The third kappa shape index (κ3) is 4.78. The van der Waals surface area contributed by atoms with E-state index in [4.69, 9.17) is 23.8 Å². The quantitative estimate of drug-likeness (QED) is 0.542. The number of thiocarbonyl (C=S) groups is 1. The number of rotatable bonds is 4. The lowest BCUT2D eigenvalue weighted by Gasteiger charge is -2.10. The zero-order chi connectivity index (χ0) is 17.8. The summed E-state index contributed by atoms with van der Waals surface area (Å²) >= 11 is 14.8. The van der Waals surface area contributed by atoms with Gasteiger partial charge in [0.2, 0.25) is 0 Å². The lowest BCUT2D eigenvalue weighted by molar-refractivity contribution is 0.585. The molecule has 128 valence electrons. The summed E-state index contributed by atoms with van der Waals surface area (Å²) in [5.74, 6) is -0.255. The van der Waals surface area contributed by atoms with Crippen molar-refractivity contribution in [1.82, 2.24) is 9.78 Å². The molecule has 0 spiro atoms. The Kier molecular flexibility index (Phi) is 5.67. The van der Waals surface area contributed by atoms with Crippen molar-refractivity contribution in [2.24, 2.45) is 0 Å². The van der Waals surface area contributed by atoms with Crippen LogP contribution >= 0.6 is 39.7 Å². The smallest absolute Gasteiger partial charge is 0.175 e. The Morgan fingerprint density at radius 1 is 1.24 bits per heavy atom. The normalized spacial score (nSPS) is 10.5. The van der Waals surface area contributed by atoms with Gasteiger partial charge in [0, 0.05) is 16.2 Å². The van der Waals surface area contributed by atoms with Crippen LogP contribution in [-0.4, -0.2) is 14.9 Å². The van der Waals surface area contributed by atoms with Crippen LogP contribution in [0.2, 0.25) is 5.02 Å². The molecule has 0 radical (unpaired) electrons. The molecular formula is C17H13BrClFN4S. The number of anilines is 2. The summed E-state index contributed by atoms with van der Waals surface area (Å²) in [7, 11) is 0. The van der Waals surface area contributed by atoms with E-state index in [9.17, 15) is 4.39 Å². The van der Waals surface area contributed by atoms with Gasteiger partial charge >= 0.3 is 0 Å². The van der Waals surface area contributed by atoms with Crippen LogP contribution in [-0.2, 0) is 6.54 Å². The van der Waals surface area contributed by atoms with Crippen molar-refractivity contribution < 1.29 is 4.39 Å². The van der Waals surface area contributed by atoms with Crippen LogP contribution in [0, 0.1) is 5.82 Å². The van der Waals surface area contributed by atoms with E-state index >= 15 is 0 Å². The van der Waals surface area contributed by atoms with Gasteiger partial charge in [-0.3, -0.25) is 4.68 Å². The topological polar surface area (TPSA) is 41.9 Å². The molecule has 0 aliphatic carbocycles. The first-order valence-electron chi connectivity index (χ1n) is 7.30. The van der Waals surface area contributed by atoms with Crippen molar-refractivity contribution in [1.29, 1.82) is 0 Å². The average Bonchev–Trinajstić information content (AvgIpc) is 2.99. The largest absolute Gasteiger partial charge is 0.331 e. The lowest BCUT2D eigenvalue weighted by atomic mass is 10.2. The molecule has 8 heteroatoms. The fourth-order valence-electron chi connectivity index (χ4n) is 2.19. The van der Waals surface area contributed by atoms with Crippen molar-refractivity contribution in [2.75, 3.05) is 10.6 Å². The van der Waals surface area contributed by atoms with Gasteiger partial charge in [0.1, 0.15) is 5.82 Å². The highest BCUT2D eigenvalue weighted by molar-refractivity contribution is 9.10. The fourth-order valence-corrected chi connectivity index (χ4v) is 3.14. The Bertz CT molecular complexity index is 915. The number of hydrogen-bond donors (Lipinski definition) is 2. The second kappa shape index (κ2) is 7.95. The van der Waals surface area contributed by atoms with E-state index in [1.54, 1.807) is 41.3 Å². The summed E-state index contributed by atoms with van der Waals surface area (Å²) in [4.78, 5) is 0. The Labute approximate surface area is 163 Å². The van der Waals surface area contributed by atoms with Gasteiger partial charge in [0.05, 0.1) is 29.1 Å². The maximum absolute atomic E-state index is 13.7. The molecule has 0 aliphatic rings. The van der Waals surface area contributed by atoms with Gasteiger partial charge in [0.15, 0.2) is 5.11 Å². The molecule has 0 saturated carbocycles. The summed E-state index contributed by atoms with van der Waals surface area (Å²) in [5.41, 5.74) is 1.96. The first-order chi connectivity index (χ1) is 12.0. The van der Waals surface area contributed by atoms with Crippen LogP contribution < -0.4 is 10.6 Å². The SMILES string of the molecule is Fc1ccccc1Cn1cc(NC(=S)Nc2ccc(Br)cc2Cl)cn1. The molecule has 0 amide bonds. The minimum atomic E-state index is -0.255. The fraction of sp³-hybridized carbons (Fsp3) is 0.0588. The molecule has 1 aromatic heterocycles. The Hall–Kier alpha value is -1.96. The summed E-state index contributed by atoms with van der Waals surface area (Å²) in [6, 6.07) is 12.1. The molecule has 2 N–H and O–H groups in total. The number of nitrogens with zero attached hydrogens (tertiary/aromatic N) is 2. The van der Waals surface area contributed by atoms with E-state index in [-0.39, 0.29) is 5.82 Å². The van der Waals surface area contributed by atoms with Crippen molar-refractivity contribution in [3.8, 4) is 0 Å². The van der Waals surface area contributed by atoms with Crippen molar-refractivity contribution in [3.63, 3.8) is 0 Å². The lowest BCUT2D eigenvalue weighted by Crippen LogP contribution is -2.19. The van der Waals surface area contributed by atoms with E-state index in [2.05, 4.69) is 31.7 Å². The van der Waals surface area contributed by atoms with Gasteiger partial charge in [0.25, 0.3) is 0 Å². The van der Waals surface area contributed by atoms with Crippen molar-refractivity contribution >= 4 is 56.2 Å². The van der Waals surface area contributed by atoms with Gasteiger partial charge in [-0.05, 0) is 36.5 Å². The molecular weight excluding hydrogens is 427 g/mol. The van der Waals surface area contributed by atoms with E-state index in [0.717, 1.165) is 4.47 Å². The molecule has 0 unspecified atom stereocenters. The molecule has 0 bridgehead atoms. The molecule has 4 nitrogen and oxygen atoms in total. The van der Waals surface area contributed by atoms with Crippen molar-refractivity contribution in [3.05, 3.63) is 75.7 Å². The number of benzene rings is 2. The van der Waals surface area contributed by atoms with Gasteiger partial charge in [-0.15, -0.1) is 0 Å². The molecule has 3 rings (SSSR count). The third-order valence-corrected chi connectivity index (χ3v) is 4.37. The van der Waals surface area contributed by atoms with Crippen LogP contribution in [0.15, 0.2) is 59.3 Å². The summed E-state index contributed by atoms with van der Waals surface area (Å²) in [6.45, 7) is 0.340. The Balaban J connectivity index is 1.63. The second-order valence-electron chi connectivity index (χ2n) is 5.22. The van der Waals surface area contributed by atoms with Crippen LogP contribution in [0.4, 0.5) is 15.8 Å². The highest BCUT2D eigenvalue weighted by atomic mass is 79.9. The molecule has 1 heterocycles. The summed E-state index contributed by atoms with van der Waals surface area (Å²) < 4.78 is 16.2. The molecule has 3 aromatic rings. The predicted molar refractivity (Wildman–Crippen MR) is 107 cm³/mol. The zero-order valence-electron chi connectivity index (χ0n) is 12.8. The van der Waals surface area contributed by atoms with E-state index < -0.39 is 0 Å². The van der Waals surface area contributed by atoms with Crippen molar-refractivity contribution in [2.45, 2.75) is 6.54 Å². The predicted octanol–water partition coefficient (Wildman–Crippen LogP) is 5.30. The summed E-state index contributed by atoms with van der Waals surface area (Å²) in [6.07, 6.45) is 3.38. The monoisotopic (exact) mass is 438 g/mol. The number of aromatic nitrogens is 2. The molecule has 0 fully saturated rings. The van der Waals surface area contributed by atoms with E-state index in [0.29, 0.717) is 33.6 Å². The highest BCUT2D eigenvalue weighted by Gasteiger charge is 2.07. The minimum Gasteiger partial charge on any atom is -0.331 e. The van der Waals surface area contributed by atoms with E-state index in [1.165, 1.54) is 6.07 Å².